The number of hydrogen-bond donors (Lipinski definition) is 1. The Labute approximate surface area is 184 Å². The van der Waals surface area contributed by atoms with E-state index in [1.54, 1.807) is 25.6 Å². The average molecular weight is 435 g/mol. The van der Waals surface area contributed by atoms with Crippen LogP contribution >= 0.6 is 11.3 Å². The first-order valence-corrected chi connectivity index (χ1v) is 10.7. The molecule has 31 heavy (non-hydrogen) atoms. The van der Waals surface area contributed by atoms with Gasteiger partial charge in [0.15, 0.2) is 5.13 Å². The molecule has 4 rings (SSSR count). The van der Waals surface area contributed by atoms with E-state index in [-0.39, 0.29) is 5.91 Å². The topological polar surface area (TPSA) is 73.6 Å². The van der Waals surface area contributed by atoms with Gasteiger partial charge in [0.1, 0.15) is 17.1 Å². The summed E-state index contributed by atoms with van der Waals surface area (Å²) >= 11 is 1.37. The van der Waals surface area contributed by atoms with Crippen molar-refractivity contribution >= 4 is 38.9 Å². The van der Waals surface area contributed by atoms with Crippen LogP contribution in [0.25, 0.3) is 27.7 Å². The van der Waals surface area contributed by atoms with Gasteiger partial charge in [-0.1, -0.05) is 18.2 Å². The highest BCUT2D eigenvalue weighted by Gasteiger charge is 2.17. The number of benzene rings is 2. The lowest BCUT2D eigenvalue weighted by atomic mass is 9.98. The molecular formula is C24H22N2O4S. The third-order valence-corrected chi connectivity index (χ3v) is 5.50. The summed E-state index contributed by atoms with van der Waals surface area (Å²) in [7, 11) is 1.65. The highest BCUT2D eigenvalue weighted by atomic mass is 32.1. The molecule has 0 spiro atoms. The Bertz CT molecular complexity index is 1240. The number of carbonyl (C=O) groups excluding carboxylic acids is 1. The van der Waals surface area contributed by atoms with Crippen LogP contribution in [0.5, 0.6) is 11.5 Å². The lowest BCUT2D eigenvalue weighted by Crippen LogP contribution is -2.08. The average Bonchev–Trinajstić information content (AvgIpc) is 3.42. The molecule has 0 atom stereocenters. The molecule has 4 aromatic rings. The van der Waals surface area contributed by atoms with E-state index in [0.717, 1.165) is 33.4 Å². The largest absolute Gasteiger partial charge is 0.496 e. The number of methoxy groups -OCH3 is 1. The van der Waals surface area contributed by atoms with Gasteiger partial charge in [-0.3, -0.25) is 10.1 Å². The molecule has 2 aromatic heterocycles. The van der Waals surface area contributed by atoms with E-state index in [0.29, 0.717) is 23.1 Å². The molecule has 0 fully saturated rings. The van der Waals surface area contributed by atoms with Crippen LogP contribution in [0.15, 0.2) is 64.7 Å². The van der Waals surface area contributed by atoms with Crippen molar-refractivity contribution < 1.29 is 18.7 Å². The fourth-order valence-electron chi connectivity index (χ4n) is 3.41. The molecule has 1 amide bonds. The Hall–Kier alpha value is -3.58. The first-order valence-electron chi connectivity index (χ1n) is 9.81. The van der Waals surface area contributed by atoms with Crippen molar-refractivity contribution in [3.63, 3.8) is 0 Å². The molecule has 0 aliphatic rings. The summed E-state index contributed by atoms with van der Waals surface area (Å²) in [6, 6.07) is 11.6. The van der Waals surface area contributed by atoms with Gasteiger partial charge in [0.25, 0.3) is 0 Å². The third-order valence-electron chi connectivity index (χ3n) is 4.81. The minimum Gasteiger partial charge on any atom is -0.496 e. The third kappa shape index (κ3) is 4.32. The summed E-state index contributed by atoms with van der Waals surface area (Å²) in [5.74, 6) is 1.18. The maximum absolute atomic E-state index is 12.5. The second-order valence-electron chi connectivity index (χ2n) is 6.78. The van der Waals surface area contributed by atoms with Gasteiger partial charge >= 0.3 is 0 Å². The summed E-state index contributed by atoms with van der Waals surface area (Å²) in [5.41, 5.74) is 4.14. The van der Waals surface area contributed by atoms with Crippen LogP contribution in [-0.2, 0) is 4.79 Å². The highest BCUT2D eigenvalue weighted by molar-refractivity contribution is 7.13. The van der Waals surface area contributed by atoms with Crippen molar-refractivity contribution in [1.82, 2.24) is 4.98 Å². The molecule has 0 saturated heterocycles. The van der Waals surface area contributed by atoms with E-state index in [1.165, 1.54) is 11.3 Å². The van der Waals surface area contributed by atoms with Gasteiger partial charge < -0.3 is 13.9 Å². The first-order chi connectivity index (χ1) is 15.1. The smallest absolute Gasteiger partial charge is 0.250 e. The van der Waals surface area contributed by atoms with Crippen LogP contribution in [0.4, 0.5) is 5.13 Å². The van der Waals surface area contributed by atoms with Crippen LogP contribution < -0.4 is 14.8 Å². The molecule has 7 heteroatoms. The fraction of sp³-hybridized carbons (Fsp3) is 0.167. The normalized spacial score (nSPS) is 11.5. The van der Waals surface area contributed by atoms with E-state index in [9.17, 15) is 4.79 Å². The number of hydrogen-bond acceptors (Lipinski definition) is 6. The van der Waals surface area contributed by atoms with Gasteiger partial charge in [-0.25, -0.2) is 4.98 Å². The Morgan fingerprint density at radius 3 is 2.81 bits per heavy atom. The quantitative estimate of drug-likeness (QED) is 0.361. The van der Waals surface area contributed by atoms with E-state index >= 15 is 0 Å². The molecule has 2 heterocycles. The lowest BCUT2D eigenvalue weighted by Gasteiger charge is -2.12. The Morgan fingerprint density at radius 2 is 2.06 bits per heavy atom. The van der Waals surface area contributed by atoms with Crippen LogP contribution in [0.3, 0.4) is 0 Å². The number of anilines is 1. The summed E-state index contributed by atoms with van der Waals surface area (Å²) in [6.45, 7) is 4.30. The zero-order valence-corrected chi connectivity index (χ0v) is 18.3. The van der Waals surface area contributed by atoms with Gasteiger partial charge in [0, 0.05) is 45.8 Å². The van der Waals surface area contributed by atoms with Crippen molar-refractivity contribution in [2.45, 2.75) is 13.8 Å². The number of allylic oxidation sites excluding steroid dienone is 1. The van der Waals surface area contributed by atoms with Crippen LogP contribution in [-0.4, -0.2) is 24.6 Å². The van der Waals surface area contributed by atoms with Gasteiger partial charge in [0.2, 0.25) is 5.91 Å². The SMILES string of the molecule is CCOc1cc2occ(-c3ccccc3OC)c2cc1/C(C)=C/C(=O)Nc1nccs1. The standard InChI is InChI=1S/C24H22N2O4S/c1-4-29-21-13-22-18(19(14-30-22)16-7-5-6-8-20(16)28-3)12-17(21)15(2)11-23(27)26-24-25-9-10-31-24/h5-14H,4H2,1-3H3,(H,25,26,27)/b15-11+. The van der Waals surface area contributed by atoms with Gasteiger partial charge in [-0.15, -0.1) is 11.3 Å². The molecular weight excluding hydrogens is 412 g/mol. The van der Waals surface area contributed by atoms with Gasteiger partial charge in [0.05, 0.1) is 20.0 Å². The number of furan rings is 1. The van der Waals surface area contributed by atoms with Crippen LogP contribution in [0, 0.1) is 0 Å². The second kappa shape index (κ2) is 9.06. The van der Waals surface area contributed by atoms with Crippen molar-refractivity contribution in [3.8, 4) is 22.6 Å². The number of nitrogens with zero attached hydrogens (tertiary/aromatic N) is 1. The summed E-state index contributed by atoms with van der Waals surface area (Å²) in [5, 5.41) is 6.06. The molecule has 0 unspecified atom stereocenters. The van der Waals surface area contributed by atoms with E-state index < -0.39 is 0 Å². The van der Waals surface area contributed by atoms with Crippen LogP contribution in [0.1, 0.15) is 19.4 Å². The number of para-hydroxylation sites is 1. The number of carbonyl (C=O) groups is 1. The highest BCUT2D eigenvalue weighted by Crippen LogP contribution is 2.40. The van der Waals surface area contributed by atoms with E-state index in [4.69, 9.17) is 13.9 Å². The summed E-state index contributed by atoms with van der Waals surface area (Å²) in [4.78, 5) is 16.5. The van der Waals surface area contributed by atoms with E-state index in [1.807, 2.05) is 55.6 Å². The van der Waals surface area contributed by atoms with Crippen molar-refractivity contribution in [3.05, 3.63) is 65.9 Å². The Balaban J connectivity index is 1.78. The predicted octanol–water partition coefficient (Wildman–Crippen LogP) is 6.01. The molecule has 0 bridgehead atoms. The number of aromatic nitrogens is 1. The minimum absolute atomic E-state index is 0.243. The zero-order chi connectivity index (χ0) is 21.8. The summed E-state index contributed by atoms with van der Waals surface area (Å²) < 4.78 is 17.2. The number of nitrogens with one attached hydrogen (secondary N) is 1. The van der Waals surface area contributed by atoms with Gasteiger partial charge in [-0.2, -0.15) is 0 Å². The molecule has 0 radical (unpaired) electrons. The first kappa shape index (κ1) is 20.7. The molecule has 0 aliphatic heterocycles. The molecule has 0 aliphatic carbocycles. The Morgan fingerprint density at radius 1 is 1.23 bits per heavy atom. The number of amides is 1. The maximum atomic E-state index is 12.5. The Kier molecular flexibility index (Phi) is 6.04. The van der Waals surface area contributed by atoms with Gasteiger partial charge in [-0.05, 0) is 31.6 Å². The molecule has 158 valence electrons. The fourth-order valence-corrected chi connectivity index (χ4v) is 3.95. The predicted molar refractivity (Wildman–Crippen MR) is 124 cm³/mol. The molecule has 1 N–H and O–H groups in total. The lowest BCUT2D eigenvalue weighted by molar-refractivity contribution is -0.111. The molecule has 0 saturated carbocycles. The van der Waals surface area contributed by atoms with Crippen molar-refractivity contribution in [2.75, 3.05) is 19.0 Å². The number of rotatable bonds is 7. The monoisotopic (exact) mass is 434 g/mol. The van der Waals surface area contributed by atoms with Crippen molar-refractivity contribution in [1.29, 1.82) is 0 Å². The minimum atomic E-state index is -0.243. The number of fused-ring (bicyclic) bond motifs is 1. The maximum Gasteiger partial charge on any atom is 0.250 e. The van der Waals surface area contributed by atoms with Crippen molar-refractivity contribution in [2.24, 2.45) is 0 Å². The summed E-state index contributed by atoms with van der Waals surface area (Å²) in [6.07, 6.45) is 4.92. The second-order valence-corrected chi connectivity index (χ2v) is 7.68. The molecule has 2 aromatic carbocycles. The molecule has 6 nitrogen and oxygen atoms in total. The number of ether oxygens (including phenoxy) is 2. The van der Waals surface area contributed by atoms with E-state index in [2.05, 4.69) is 10.3 Å². The van der Waals surface area contributed by atoms with Crippen LogP contribution in [0.2, 0.25) is 0 Å². The zero-order valence-electron chi connectivity index (χ0n) is 17.5. The number of thiazole rings is 1.